The van der Waals surface area contributed by atoms with Gasteiger partial charge in [0.2, 0.25) is 0 Å². The molecule has 1 aromatic carbocycles. The van der Waals surface area contributed by atoms with Gasteiger partial charge in [-0.3, -0.25) is 0 Å². The van der Waals surface area contributed by atoms with Crippen molar-refractivity contribution >= 4 is 35.0 Å². The molecule has 0 saturated carbocycles. The van der Waals surface area contributed by atoms with Crippen LogP contribution in [-0.2, 0) is 6.54 Å². The van der Waals surface area contributed by atoms with Gasteiger partial charge in [-0.25, -0.2) is 0 Å². The lowest BCUT2D eigenvalue weighted by molar-refractivity contribution is 0.420. The van der Waals surface area contributed by atoms with Gasteiger partial charge in [0.1, 0.15) is 0 Å². The van der Waals surface area contributed by atoms with Crippen molar-refractivity contribution in [1.82, 2.24) is 9.55 Å². The Kier molecular flexibility index (Phi) is 3.48. The van der Waals surface area contributed by atoms with Crippen molar-refractivity contribution in [1.29, 1.82) is 0 Å². The number of rotatable bonds is 2. The van der Waals surface area contributed by atoms with Crippen LogP contribution in [0.1, 0.15) is 18.4 Å². The number of imidazole rings is 1. The average Bonchev–Trinajstić information content (AvgIpc) is 2.67. The molecule has 0 unspecified atom stereocenters. The van der Waals surface area contributed by atoms with E-state index in [2.05, 4.69) is 46.4 Å². The van der Waals surface area contributed by atoms with Crippen molar-refractivity contribution in [2.75, 3.05) is 11.5 Å². The van der Waals surface area contributed by atoms with Gasteiger partial charge in [0.15, 0.2) is 4.77 Å². The largest absolute Gasteiger partial charge is 0.331 e. The Bertz CT molecular complexity index is 606. The van der Waals surface area contributed by atoms with Gasteiger partial charge in [-0.05, 0) is 67.1 Å². The van der Waals surface area contributed by atoms with Gasteiger partial charge >= 0.3 is 0 Å². The summed E-state index contributed by atoms with van der Waals surface area (Å²) in [6, 6.07) is 6.50. The second kappa shape index (κ2) is 5.10. The summed E-state index contributed by atoms with van der Waals surface area (Å²) in [7, 11) is 0. The zero-order valence-corrected chi connectivity index (χ0v) is 12.2. The van der Waals surface area contributed by atoms with E-state index < -0.39 is 0 Å². The minimum absolute atomic E-state index is 0.789. The van der Waals surface area contributed by atoms with Crippen molar-refractivity contribution in [2.45, 2.75) is 26.3 Å². The van der Waals surface area contributed by atoms with E-state index in [0.29, 0.717) is 0 Å². The van der Waals surface area contributed by atoms with E-state index in [-0.39, 0.29) is 0 Å². The molecule has 0 atom stereocenters. The van der Waals surface area contributed by atoms with E-state index in [4.69, 9.17) is 12.2 Å². The molecule has 1 saturated heterocycles. The number of nitrogens with one attached hydrogen (secondary N) is 1. The monoisotopic (exact) mass is 278 g/mol. The first-order valence-corrected chi connectivity index (χ1v) is 8.07. The van der Waals surface area contributed by atoms with E-state index in [9.17, 15) is 0 Å². The third-order valence-corrected chi connectivity index (χ3v) is 5.08. The number of aryl methyl sites for hydroxylation is 1. The van der Waals surface area contributed by atoms with Crippen LogP contribution >= 0.6 is 24.0 Å². The zero-order valence-electron chi connectivity index (χ0n) is 10.6. The standard InChI is InChI=1S/C14H18N2S2/c1-10-2-3-12-13(8-10)16(14(17)15-12)9-11-4-6-18-7-5-11/h2-3,8,11H,4-7,9H2,1H3,(H,15,17). The van der Waals surface area contributed by atoms with Crippen molar-refractivity contribution in [2.24, 2.45) is 5.92 Å². The molecule has 1 aliphatic rings. The molecule has 2 aromatic rings. The molecule has 1 N–H and O–H groups in total. The Labute approximate surface area is 117 Å². The number of aromatic amines is 1. The fourth-order valence-electron chi connectivity index (χ4n) is 2.63. The zero-order chi connectivity index (χ0) is 12.5. The second-order valence-electron chi connectivity index (χ2n) is 5.12. The minimum atomic E-state index is 0.789. The van der Waals surface area contributed by atoms with Crippen molar-refractivity contribution < 1.29 is 0 Å². The maximum atomic E-state index is 5.47. The molecule has 1 aromatic heterocycles. The average molecular weight is 278 g/mol. The summed E-state index contributed by atoms with van der Waals surface area (Å²) in [5.74, 6) is 3.40. The number of benzene rings is 1. The molecule has 1 aliphatic heterocycles. The molecular weight excluding hydrogens is 260 g/mol. The number of hydrogen-bond acceptors (Lipinski definition) is 2. The first-order valence-electron chi connectivity index (χ1n) is 6.51. The lowest BCUT2D eigenvalue weighted by Gasteiger charge is -2.21. The van der Waals surface area contributed by atoms with Crippen LogP contribution < -0.4 is 0 Å². The third kappa shape index (κ3) is 2.36. The molecule has 0 aliphatic carbocycles. The van der Waals surface area contributed by atoms with Gasteiger partial charge in [-0.2, -0.15) is 11.8 Å². The molecule has 3 rings (SSSR count). The van der Waals surface area contributed by atoms with Crippen LogP contribution in [0.3, 0.4) is 0 Å². The summed E-state index contributed by atoms with van der Waals surface area (Å²) in [5.41, 5.74) is 3.72. The maximum Gasteiger partial charge on any atom is 0.178 e. The summed E-state index contributed by atoms with van der Waals surface area (Å²) in [6.07, 6.45) is 2.65. The van der Waals surface area contributed by atoms with Crippen molar-refractivity contribution in [3.63, 3.8) is 0 Å². The molecule has 4 heteroatoms. The molecule has 0 amide bonds. The smallest absolute Gasteiger partial charge is 0.178 e. The summed E-state index contributed by atoms with van der Waals surface area (Å²) in [4.78, 5) is 3.32. The summed E-state index contributed by atoms with van der Waals surface area (Å²) >= 11 is 7.55. The predicted molar refractivity (Wildman–Crippen MR) is 81.9 cm³/mol. The number of hydrogen-bond donors (Lipinski definition) is 1. The van der Waals surface area contributed by atoms with Crippen molar-refractivity contribution in [3.05, 3.63) is 28.5 Å². The van der Waals surface area contributed by atoms with Crippen LogP contribution in [0.5, 0.6) is 0 Å². The van der Waals surface area contributed by atoms with Gasteiger partial charge in [0.05, 0.1) is 11.0 Å². The normalized spacial score (nSPS) is 17.4. The van der Waals surface area contributed by atoms with Gasteiger partial charge in [0.25, 0.3) is 0 Å². The Morgan fingerprint density at radius 3 is 2.94 bits per heavy atom. The molecule has 0 radical (unpaired) electrons. The molecular formula is C14H18N2S2. The fraction of sp³-hybridized carbons (Fsp3) is 0.500. The van der Waals surface area contributed by atoms with Crippen LogP contribution in [0.25, 0.3) is 11.0 Å². The first-order chi connectivity index (χ1) is 8.74. The lowest BCUT2D eigenvalue weighted by atomic mass is 10.0. The van der Waals surface area contributed by atoms with Crippen molar-refractivity contribution in [3.8, 4) is 0 Å². The van der Waals surface area contributed by atoms with Gasteiger partial charge in [-0.1, -0.05) is 6.07 Å². The first kappa shape index (κ1) is 12.3. The van der Waals surface area contributed by atoms with E-state index in [1.54, 1.807) is 0 Å². The van der Waals surface area contributed by atoms with Crippen LogP contribution in [0.15, 0.2) is 18.2 Å². The third-order valence-electron chi connectivity index (χ3n) is 3.71. The highest BCUT2D eigenvalue weighted by Crippen LogP contribution is 2.26. The van der Waals surface area contributed by atoms with E-state index in [1.165, 1.54) is 35.4 Å². The highest BCUT2D eigenvalue weighted by atomic mass is 32.2. The minimum Gasteiger partial charge on any atom is -0.331 e. The number of aromatic nitrogens is 2. The summed E-state index contributed by atoms with van der Waals surface area (Å²) < 4.78 is 3.16. The van der Waals surface area contributed by atoms with E-state index >= 15 is 0 Å². The molecule has 2 nitrogen and oxygen atoms in total. The number of H-pyrrole nitrogens is 1. The Hall–Kier alpha value is -0.740. The van der Waals surface area contributed by atoms with Gasteiger partial charge < -0.3 is 9.55 Å². The topological polar surface area (TPSA) is 20.7 Å². The Balaban J connectivity index is 1.97. The summed E-state index contributed by atoms with van der Waals surface area (Å²) in [6.45, 7) is 3.21. The quantitative estimate of drug-likeness (QED) is 0.833. The Morgan fingerprint density at radius 1 is 1.39 bits per heavy atom. The van der Waals surface area contributed by atoms with Crippen LogP contribution in [0.2, 0.25) is 0 Å². The fourth-order valence-corrected chi connectivity index (χ4v) is 4.12. The lowest BCUT2D eigenvalue weighted by Crippen LogP contribution is -2.16. The molecule has 1 fully saturated rings. The second-order valence-corrected chi connectivity index (χ2v) is 6.73. The molecule has 2 heterocycles. The van der Waals surface area contributed by atoms with Gasteiger partial charge in [-0.15, -0.1) is 0 Å². The van der Waals surface area contributed by atoms with Crippen LogP contribution in [0, 0.1) is 17.6 Å². The molecule has 0 bridgehead atoms. The number of fused-ring (bicyclic) bond motifs is 1. The molecule has 96 valence electrons. The summed E-state index contributed by atoms with van der Waals surface area (Å²) in [5, 5.41) is 0. The molecule has 0 spiro atoms. The number of thioether (sulfide) groups is 1. The van der Waals surface area contributed by atoms with Gasteiger partial charge in [0, 0.05) is 6.54 Å². The Morgan fingerprint density at radius 2 is 2.17 bits per heavy atom. The highest BCUT2D eigenvalue weighted by Gasteiger charge is 2.16. The van der Waals surface area contributed by atoms with Crippen LogP contribution in [0.4, 0.5) is 0 Å². The number of nitrogens with zero attached hydrogens (tertiary/aromatic N) is 1. The maximum absolute atomic E-state index is 5.47. The predicted octanol–water partition coefficient (Wildman–Crippen LogP) is 4.15. The SMILES string of the molecule is Cc1ccc2[nH]c(=S)n(CC3CCSCC3)c2c1. The van der Waals surface area contributed by atoms with Crippen LogP contribution in [-0.4, -0.2) is 21.1 Å². The highest BCUT2D eigenvalue weighted by molar-refractivity contribution is 7.99. The van der Waals surface area contributed by atoms with E-state index in [1.807, 2.05) is 0 Å². The van der Waals surface area contributed by atoms with E-state index in [0.717, 1.165) is 22.8 Å². The molecule has 18 heavy (non-hydrogen) atoms.